The molecule has 1 N–H and O–H groups in total. The van der Waals surface area contributed by atoms with Crippen LogP contribution in [0.2, 0.25) is 0 Å². The van der Waals surface area contributed by atoms with Crippen molar-refractivity contribution in [3.05, 3.63) is 23.3 Å². The fourth-order valence-corrected chi connectivity index (χ4v) is 2.89. The van der Waals surface area contributed by atoms with Gasteiger partial charge in [-0.15, -0.1) is 0 Å². The fraction of sp³-hybridized carbons (Fsp3) is 0.688. The summed E-state index contributed by atoms with van der Waals surface area (Å²) in [6.07, 6.45) is 2.21. The number of amides is 1. The Labute approximate surface area is 132 Å². The largest absolute Gasteiger partial charge is 0.387 e. The Morgan fingerprint density at radius 1 is 1.50 bits per heavy atom. The topological polar surface area (TPSA) is 69.6 Å². The van der Waals surface area contributed by atoms with Crippen molar-refractivity contribution in [3.8, 4) is 0 Å². The number of aromatic nitrogens is 2. The average molecular weight is 306 g/mol. The van der Waals surface area contributed by atoms with Gasteiger partial charge in [0.15, 0.2) is 0 Å². The SMILES string of the molecule is Cc1nc(C(C)C)ncc1C(=O)N1CC[C@@](O)(CN(C)C)C1. The highest BCUT2D eigenvalue weighted by Gasteiger charge is 2.39. The summed E-state index contributed by atoms with van der Waals surface area (Å²) >= 11 is 0. The third kappa shape index (κ3) is 3.62. The van der Waals surface area contributed by atoms with Gasteiger partial charge in [-0.3, -0.25) is 4.79 Å². The lowest BCUT2D eigenvalue weighted by Crippen LogP contribution is -2.43. The predicted octanol–water partition coefficient (Wildman–Crippen LogP) is 1.05. The molecule has 6 nitrogen and oxygen atoms in total. The van der Waals surface area contributed by atoms with Crippen molar-refractivity contribution in [2.75, 3.05) is 33.7 Å². The van der Waals surface area contributed by atoms with Gasteiger partial charge in [0.1, 0.15) is 5.82 Å². The van der Waals surface area contributed by atoms with Crippen LogP contribution < -0.4 is 0 Å². The number of rotatable bonds is 4. The summed E-state index contributed by atoms with van der Waals surface area (Å²) in [5, 5.41) is 10.5. The van der Waals surface area contributed by atoms with Gasteiger partial charge in [-0.2, -0.15) is 0 Å². The lowest BCUT2D eigenvalue weighted by molar-refractivity contribution is 0.0236. The molecule has 2 rings (SSSR count). The molecule has 1 amide bonds. The first-order valence-electron chi connectivity index (χ1n) is 7.72. The van der Waals surface area contributed by atoms with Crippen LogP contribution in [0.3, 0.4) is 0 Å². The molecule has 1 aliphatic heterocycles. The van der Waals surface area contributed by atoms with Gasteiger partial charge in [-0.1, -0.05) is 13.8 Å². The molecule has 1 aromatic heterocycles. The van der Waals surface area contributed by atoms with Gasteiger partial charge in [0.05, 0.1) is 23.4 Å². The smallest absolute Gasteiger partial charge is 0.257 e. The van der Waals surface area contributed by atoms with E-state index in [0.29, 0.717) is 37.3 Å². The van der Waals surface area contributed by atoms with E-state index in [2.05, 4.69) is 9.97 Å². The van der Waals surface area contributed by atoms with E-state index in [0.717, 1.165) is 5.82 Å². The molecular formula is C16H26N4O2. The zero-order valence-corrected chi connectivity index (χ0v) is 14.1. The van der Waals surface area contributed by atoms with Gasteiger partial charge in [-0.05, 0) is 27.4 Å². The van der Waals surface area contributed by atoms with Crippen LogP contribution in [0.15, 0.2) is 6.20 Å². The number of nitrogens with zero attached hydrogens (tertiary/aromatic N) is 4. The van der Waals surface area contributed by atoms with E-state index >= 15 is 0 Å². The van der Waals surface area contributed by atoms with E-state index in [9.17, 15) is 9.90 Å². The maximum Gasteiger partial charge on any atom is 0.257 e. The van der Waals surface area contributed by atoms with E-state index in [1.807, 2.05) is 39.8 Å². The van der Waals surface area contributed by atoms with E-state index in [1.165, 1.54) is 0 Å². The Kier molecular flexibility index (Phi) is 4.82. The standard InChI is InChI=1S/C16H26N4O2/c1-11(2)14-17-8-13(12(3)18-14)15(21)20-7-6-16(22,10-20)9-19(4)5/h8,11,22H,6-7,9-10H2,1-5H3/t16-/m1/s1. The summed E-state index contributed by atoms with van der Waals surface area (Å²) in [6.45, 7) is 7.36. The third-order valence-corrected chi connectivity index (χ3v) is 3.97. The molecule has 0 saturated carbocycles. The van der Waals surface area contributed by atoms with Gasteiger partial charge in [-0.25, -0.2) is 9.97 Å². The van der Waals surface area contributed by atoms with E-state index in [4.69, 9.17) is 0 Å². The first-order valence-corrected chi connectivity index (χ1v) is 7.72. The van der Waals surface area contributed by atoms with Crippen LogP contribution in [0.25, 0.3) is 0 Å². The molecule has 0 bridgehead atoms. The minimum atomic E-state index is -0.828. The Balaban J connectivity index is 2.13. The summed E-state index contributed by atoms with van der Waals surface area (Å²) < 4.78 is 0. The van der Waals surface area contributed by atoms with Crippen molar-refractivity contribution < 1.29 is 9.90 Å². The van der Waals surface area contributed by atoms with Crippen molar-refractivity contribution in [2.45, 2.75) is 38.7 Å². The summed E-state index contributed by atoms with van der Waals surface area (Å²) in [5.41, 5.74) is 0.400. The molecule has 0 aromatic carbocycles. The molecule has 1 saturated heterocycles. The van der Waals surface area contributed by atoms with Crippen LogP contribution in [-0.2, 0) is 0 Å². The third-order valence-electron chi connectivity index (χ3n) is 3.97. The highest BCUT2D eigenvalue weighted by molar-refractivity contribution is 5.95. The molecule has 1 aliphatic rings. The van der Waals surface area contributed by atoms with E-state index < -0.39 is 5.60 Å². The van der Waals surface area contributed by atoms with Crippen molar-refractivity contribution in [1.29, 1.82) is 0 Å². The molecule has 22 heavy (non-hydrogen) atoms. The van der Waals surface area contributed by atoms with Crippen molar-refractivity contribution in [2.24, 2.45) is 0 Å². The van der Waals surface area contributed by atoms with Gasteiger partial charge in [0.2, 0.25) is 0 Å². The molecule has 2 heterocycles. The van der Waals surface area contributed by atoms with Crippen LogP contribution in [0.1, 0.15) is 48.1 Å². The average Bonchev–Trinajstić information content (AvgIpc) is 2.79. The van der Waals surface area contributed by atoms with Crippen LogP contribution in [0, 0.1) is 6.92 Å². The number of carbonyl (C=O) groups is 1. The molecule has 0 spiro atoms. The van der Waals surface area contributed by atoms with Crippen LogP contribution >= 0.6 is 0 Å². The number of β-amino-alcohol motifs (C(OH)–C–C–N with tert-alkyl or cyclic N) is 1. The van der Waals surface area contributed by atoms with Gasteiger partial charge >= 0.3 is 0 Å². The minimum Gasteiger partial charge on any atom is -0.387 e. The van der Waals surface area contributed by atoms with Gasteiger partial charge in [0, 0.05) is 25.2 Å². The zero-order valence-electron chi connectivity index (χ0n) is 14.1. The fourth-order valence-electron chi connectivity index (χ4n) is 2.89. The van der Waals surface area contributed by atoms with Crippen molar-refractivity contribution >= 4 is 5.91 Å². The normalized spacial score (nSPS) is 21.9. The molecule has 1 atom stereocenters. The lowest BCUT2D eigenvalue weighted by Gasteiger charge is -2.26. The molecule has 0 unspecified atom stereocenters. The zero-order chi connectivity index (χ0) is 16.5. The summed E-state index contributed by atoms with van der Waals surface area (Å²) in [5.74, 6) is 0.891. The monoisotopic (exact) mass is 306 g/mol. The van der Waals surface area contributed by atoms with Crippen LogP contribution in [0.4, 0.5) is 0 Å². The van der Waals surface area contributed by atoms with E-state index in [-0.39, 0.29) is 11.8 Å². The molecule has 0 aliphatic carbocycles. The number of likely N-dealkylation sites (tertiary alicyclic amines) is 1. The summed E-state index contributed by atoms with van der Waals surface area (Å²) in [7, 11) is 3.84. The van der Waals surface area contributed by atoms with E-state index in [1.54, 1.807) is 11.1 Å². The Morgan fingerprint density at radius 3 is 2.73 bits per heavy atom. The maximum absolute atomic E-state index is 12.6. The molecule has 0 radical (unpaired) electrons. The second-order valence-electron chi connectivity index (χ2n) is 6.82. The highest BCUT2D eigenvalue weighted by atomic mass is 16.3. The van der Waals surface area contributed by atoms with Crippen LogP contribution in [0.5, 0.6) is 0 Å². The number of aliphatic hydroxyl groups is 1. The second kappa shape index (κ2) is 6.30. The number of aryl methyl sites for hydroxylation is 1. The van der Waals surface area contributed by atoms with Gasteiger partial charge in [0.25, 0.3) is 5.91 Å². The number of hydrogen-bond donors (Lipinski definition) is 1. The molecular weight excluding hydrogens is 280 g/mol. The summed E-state index contributed by atoms with van der Waals surface area (Å²) in [4.78, 5) is 25.0. The lowest BCUT2D eigenvalue weighted by atomic mass is 10.0. The highest BCUT2D eigenvalue weighted by Crippen LogP contribution is 2.24. The minimum absolute atomic E-state index is 0.0949. The van der Waals surface area contributed by atoms with Gasteiger partial charge < -0.3 is 14.9 Å². The predicted molar refractivity (Wildman–Crippen MR) is 84.9 cm³/mol. The summed E-state index contributed by atoms with van der Waals surface area (Å²) in [6, 6.07) is 0. The quantitative estimate of drug-likeness (QED) is 0.900. The first kappa shape index (κ1) is 16.8. The number of hydrogen-bond acceptors (Lipinski definition) is 5. The Bertz CT molecular complexity index is 559. The second-order valence-corrected chi connectivity index (χ2v) is 6.82. The molecule has 1 fully saturated rings. The first-order chi connectivity index (χ1) is 10.2. The Morgan fingerprint density at radius 2 is 2.18 bits per heavy atom. The number of likely N-dealkylation sites (N-methyl/N-ethyl adjacent to an activating group) is 1. The number of carbonyl (C=O) groups excluding carboxylic acids is 1. The molecule has 122 valence electrons. The van der Waals surface area contributed by atoms with Crippen molar-refractivity contribution in [3.63, 3.8) is 0 Å². The molecule has 6 heteroatoms. The molecule has 1 aromatic rings. The van der Waals surface area contributed by atoms with Crippen molar-refractivity contribution in [1.82, 2.24) is 19.8 Å². The van der Waals surface area contributed by atoms with Crippen LogP contribution in [-0.4, -0.2) is 70.1 Å². The Hall–Kier alpha value is -1.53. The maximum atomic E-state index is 12.6.